The van der Waals surface area contributed by atoms with E-state index in [2.05, 4.69) is 9.71 Å². The van der Waals surface area contributed by atoms with Crippen molar-refractivity contribution in [2.24, 2.45) is 0 Å². The number of nitrogens with zero attached hydrogens (tertiary/aromatic N) is 1. The predicted octanol–water partition coefficient (Wildman–Crippen LogP) is 2.24. The van der Waals surface area contributed by atoms with Crippen molar-refractivity contribution >= 4 is 15.8 Å². The maximum Gasteiger partial charge on any atom is 0.263 e. The number of pyridine rings is 1. The lowest BCUT2D eigenvalue weighted by Gasteiger charge is -2.09. The van der Waals surface area contributed by atoms with Crippen LogP contribution in [-0.2, 0) is 10.0 Å². The lowest BCUT2D eigenvalue weighted by atomic mass is 10.1. The molecule has 1 aromatic carbocycles. The monoisotopic (exact) mass is 292 g/mol. The third kappa shape index (κ3) is 3.34. The van der Waals surface area contributed by atoms with E-state index < -0.39 is 16.1 Å². The average Bonchev–Trinajstić information content (AvgIpc) is 2.41. The summed E-state index contributed by atoms with van der Waals surface area (Å²) in [5.41, 5.74) is 1.62. The van der Waals surface area contributed by atoms with Gasteiger partial charge in [0.2, 0.25) is 0 Å². The number of benzene rings is 1. The topological polar surface area (TPSA) is 79.3 Å². The van der Waals surface area contributed by atoms with E-state index in [0.29, 0.717) is 5.56 Å². The lowest BCUT2D eigenvalue weighted by Crippen LogP contribution is -2.14. The Hall–Kier alpha value is -1.92. The summed E-state index contributed by atoms with van der Waals surface area (Å²) in [5.74, 6) is 0.273. The minimum atomic E-state index is -3.66. The van der Waals surface area contributed by atoms with Crippen LogP contribution in [0.15, 0.2) is 47.5 Å². The van der Waals surface area contributed by atoms with E-state index in [1.54, 1.807) is 37.4 Å². The molecule has 2 aromatic rings. The Morgan fingerprint density at radius 3 is 2.30 bits per heavy atom. The summed E-state index contributed by atoms with van der Waals surface area (Å²) in [7, 11) is -3.66. The summed E-state index contributed by atoms with van der Waals surface area (Å²) in [4.78, 5) is 4.13. The highest BCUT2D eigenvalue weighted by molar-refractivity contribution is 7.92. The molecule has 0 radical (unpaired) electrons. The molecule has 1 atom stereocenters. The molecule has 1 heterocycles. The van der Waals surface area contributed by atoms with E-state index in [0.717, 1.165) is 5.56 Å². The van der Waals surface area contributed by atoms with Gasteiger partial charge in [-0.15, -0.1) is 0 Å². The predicted molar refractivity (Wildman–Crippen MR) is 76.9 cm³/mol. The van der Waals surface area contributed by atoms with Crippen LogP contribution >= 0.6 is 0 Å². The number of aryl methyl sites for hydroxylation is 1. The smallest absolute Gasteiger partial charge is 0.263 e. The van der Waals surface area contributed by atoms with Gasteiger partial charge in [0.05, 0.1) is 11.0 Å². The van der Waals surface area contributed by atoms with E-state index in [1.807, 2.05) is 6.92 Å². The molecule has 0 fully saturated rings. The number of nitrogens with one attached hydrogen (secondary N) is 1. The second kappa shape index (κ2) is 5.60. The molecule has 5 nitrogen and oxygen atoms in total. The molecule has 0 bridgehead atoms. The number of rotatable bonds is 4. The minimum absolute atomic E-state index is 0.129. The van der Waals surface area contributed by atoms with Crippen LogP contribution in [0.5, 0.6) is 0 Å². The van der Waals surface area contributed by atoms with Crippen molar-refractivity contribution in [1.29, 1.82) is 0 Å². The summed E-state index contributed by atoms with van der Waals surface area (Å²) < 4.78 is 26.7. The standard InChI is InChI=1S/C14H16N2O3S/c1-10-3-8-14(15-9-10)16-20(18,19)13-6-4-12(5-7-13)11(2)17/h3-9,11,17H,1-2H3,(H,15,16). The van der Waals surface area contributed by atoms with Crippen LogP contribution in [0.25, 0.3) is 0 Å². The van der Waals surface area contributed by atoms with Gasteiger partial charge in [-0.2, -0.15) is 0 Å². The summed E-state index contributed by atoms with van der Waals surface area (Å²) in [6.45, 7) is 3.50. The quantitative estimate of drug-likeness (QED) is 0.905. The number of hydrogen-bond donors (Lipinski definition) is 2. The third-order valence-electron chi connectivity index (χ3n) is 2.82. The summed E-state index contributed by atoms with van der Waals surface area (Å²) >= 11 is 0. The minimum Gasteiger partial charge on any atom is -0.389 e. The van der Waals surface area contributed by atoms with Gasteiger partial charge in [0.1, 0.15) is 5.82 Å². The first-order chi connectivity index (χ1) is 9.38. The molecular weight excluding hydrogens is 276 g/mol. The van der Waals surface area contributed by atoms with Gasteiger partial charge in [-0.3, -0.25) is 4.72 Å². The Balaban J connectivity index is 2.23. The fraction of sp³-hybridized carbons (Fsp3) is 0.214. The molecule has 0 aliphatic carbocycles. The number of hydrogen-bond acceptors (Lipinski definition) is 4. The van der Waals surface area contributed by atoms with Crippen molar-refractivity contribution in [3.8, 4) is 0 Å². The van der Waals surface area contributed by atoms with E-state index in [-0.39, 0.29) is 10.7 Å². The van der Waals surface area contributed by atoms with Crippen LogP contribution in [0, 0.1) is 6.92 Å². The number of aliphatic hydroxyl groups is 1. The summed E-state index contributed by atoms with van der Waals surface area (Å²) in [5, 5.41) is 9.40. The van der Waals surface area contributed by atoms with Gasteiger partial charge in [0.25, 0.3) is 10.0 Å². The fourth-order valence-corrected chi connectivity index (χ4v) is 2.66. The van der Waals surface area contributed by atoms with Crippen LogP contribution < -0.4 is 4.72 Å². The van der Waals surface area contributed by atoms with Gasteiger partial charge < -0.3 is 5.11 Å². The largest absolute Gasteiger partial charge is 0.389 e. The molecule has 1 unspecified atom stereocenters. The molecule has 0 saturated carbocycles. The first kappa shape index (κ1) is 14.5. The number of aromatic nitrogens is 1. The molecule has 6 heteroatoms. The highest BCUT2D eigenvalue weighted by Gasteiger charge is 2.15. The van der Waals surface area contributed by atoms with Crippen molar-refractivity contribution in [3.05, 3.63) is 53.7 Å². The van der Waals surface area contributed by atoms with Gasteiger partial charge >= 0.3 is 0 Å². The SMILES string of the molecule is Cc1ccc(NS(=O)(=O)c2ccc(C(C)O)cc2)nc1. The molecule has 1 aromatic heterocycles. The third-order valence-corrected chi connectivity index (χ3v) is 4.19. The van der Waals surface area contributed by atoms with Crippen molar-refractivity contribution in [2.75, 3.05) is 4.72 Å². The van der Waals surface area contributed by atoms with E-state index >= 15 is 0 Å². The Kier molecular flexibility index (Phi) is 4.06. The van der Waals surface area contributed by atoms with Crippen molar-refractivity contribution in [3.63, 3.8) is 0 Å². The first-order valence-electron chi connectivity index (χ1n) is 6.12. The highest BCUT2D eigenvalue weighted by atomic mass is 32.2. The van der Waals surface area contributed by atoms with Crippen LogP contribution in [0.4, 0.5) is 5.82 Å². The Bertz CT molecular complexity index is 677. The average molecular weight is 292 g/mol. The second-order valence-electron chi connectivity index (χ2n) is 4.57. The second-order valence-corrected chi connectivity index (χ2v) is 6.25. The van der Waals surface area contributed by atoms with Gasteiger partial charge in [0, 0.05) is 6.20 Å². The number of sulfonamides is 1. The van der Waals surface area contributed by atoms with Crippen molar-refractivity contribution in [1.82, 2.24) is 4.98 Å². The Morgan fingerprint density at radius 2 is 1.80 bits per heavy atom. The molecule has 0 saturated heterocycles. The zero-order valence-electron chi connectivity index (χ0n) is 11.2. The molecular formula is C14H16N2O3S. The molecule has 20 heavy (non-hydrogen) atoms. The van der Waals surface area contributed by atoms with Gasteiger partial charge in [-0.1, -0.05) is 18.2 Å². The maximum atomic E-state index is 12.2. The van der Waals surface area contributed by atoms with E-state index in [1.165, 1.54) is 12.1 Å². The fourth-order valence-electron chi connectivity index (χ4n) is 1.65. The summed E-state index contributed by atoms with van der Waals surface area (Å²) in [6, 6.07) is 9.47. The van der Waals surface area contributed by atoms with Crippen molar-refractivity contribution in [2.45, 2.75) is 24.8 Å². The normalized spacial score (nSPS) is 12.9. The first-order valence-corrected chi connectivity index (χ1v) is 7.60. The van der Waals surface area contributed by atoms with Gasteiger partial charge in [0.15, 0.2) is 0 Å². The van der Waals surface area contributed by atoms with Crippen molar-refractivity contribution < 1.29 is 13.5 Å². The molecule has 0 amide bonds. The van der Waals surface area contributed by atoms with Crippen LogP contribution in [0.3, 0.4) is 0 Å². The van der Waals surface area contributed by atoms with Crippen LogP contribution in [0.2, 0.25) is 0 Å². The van der Waals surface area contributed by atoms with Crippen LogP contribution in [0.1, 0.15) is 24.2 Å². The lowest BCUT2D eigenvalue weighted by molar-refractivity contribution is 0.199. The molecule has 0 aliphatic heterocycles. The zero-order chi connectivity index (χ0) is 14.8. The number of anilines is 1. The highest BCUT2D eigenvalue weighted by Crippen LogP contribution is 2.18. The molecule has 2 N–H and O–H groups in total. The molecule has 0 spiro atoms. The summed E-state index contributed by atoms with van der Waals surface area (Å²) in [6.07, 6.45) is 0.965. The molecule has 0 aliphatic rings. The molecule has 106 valence electrons. The maximum absolute atomic E-state index is 12.2. The van der Waals surface area contributed by atoms with E-state index in [9.17, 15) is 13.5 Å². The Morgan fingerprint density at radius 1 is 1.15 bits per heavy atom. The van der Waals surface area contributed by atoms with Crippen LogP contribution in [-0.4, -0.2) is 18.5 Å². The van der Waals surface area contributed by atoms with Gasteiger partial charge in [-0.25, -0.2) is 13.4 Å². The zero-order valence-corrected chi connectivity index (χ0v) is 12.1. The molecule has 2 rings (SSSR count). The van der Waals surface area contributed by atoms with Gasteiger partial charge in [-0.05, 0) is 43.2 Å². The van der Waals surface area contributed by atoms with E-state index in [4.69, 9.17) is 0 Å². The Labute approximate surface area is 118 Å². The number of aliphatic hydroxyl groups excluding tert-OH is 1.